The lowest BCUT2D eigenvalue weighted by Gasteiger charge is -2.25. The molecule has 0 aromatic carbocycles. The van der Waals surface area contributed by atoms with Crippen molar-refractivity contribution in [1.82, 2.24) is 9.80 Å². The minimum absolute atomic E-state index is 0.736. The molecule has 0 N–H and O–H groups in total. The van der Waals surface area contributed by atoms with Crippen LogP contribution < -0.4 is 0 Å². The van der Waals surface area contributed by atoms with Crippen molar-refractivity contribution in [2.24, 2.45) is 0 Å². The zero-order valence-corrected chi connectivity index (χ0v) is 12.0. The van der Waals surface area contributed by atoms with Crippen molar-refractivity contribution in [1.29, 1.82) is 0 Å². The van der Waals surface area contributed by atoms with Gasteiger partial charge in [-0.3, -0.25) is 0 Å². The van der Waals surface area contributed by atoms with E-state index >= 15 is 0 Å². The summed E-state index contributed by atoms with van der Waals surface area (Å²) in [5.41, 5.74) is 0. The topological polar surface area (TPSA) is 6.48 Å². The summed E-state index contributed by atoms with van der Waals surface area (Å²) in [5.74, 6) is 0. The molecule has 0 saturated heterocycles. The molecule has 15 heavy (non-hydrogen) atoms. The lowest BCUT2D eigenvalue weighted by atomic mass is 10.1. The van der Waals surface area contributed by atoms with Gasteiger partial charge < -0.3 is 9.80 Å². The summed E-state index contributed by atoms with van der Waals surface area (Å²) in [7, 11) is 6.49. The Kier molecular flexibility index (Phi) is 13.8. The Balaban J connectivity index is 0. The number of rotatable bonds is 7. The molecule has 2 heteroatoms. The summed E-state index contributed by atoms with van der Waals surface area (Å²) in [5, 5.41) is 0. The minimum Gasteiger partial charge on any atom is -0.308 e. The largest absolute Gasteiger partial charge is 0.308 e. The third kappa shape index (κ3) is 11.8. The van der Waals surface area contributed by atoms with Gasteiger partial charge in [-0.2, -0.15) is 0 Å². The predicted octanol–water partition coefficient (Wildman–Crippen LogP) is 3.08. The highest BCUT2D eigenvalue weighted by atomic mass is 15.2. The summed E-state index contributed by atoms with van der Waals surface area (Å²) in [6.07, 6.45) is 4.00. The first-order chi connectivity index (χ1) is 7.07. The average molecular weight is 216 g/mol. The van der Waals surface area contributed by atoms with E-state index in [0.717, 1.165) is 12.6 Å². The van der Waals surface area contributed by atoms with Crippen molar-refractivity contribution < 1.29 is 0 Å². The molecule has 0 aliphatic heterocycles. The second-order valence-corrected chi connectivity index (χ2v) is 4.28. The Hall–Kier alpha value is -0.0800. The average Bonchev–Trinajstić information content (AvgIpc) is 2.25. The maximum absolute atomic E-state index is 2.45. The molecule has 0 amide bonds. The van der Waals surface area contributed by atoms with Gasteiger partial charge in [-0.1, -0.05) is 33.6 Å². The van der Waals surface area contributed by atoms with Crippen molar-refractivity contribution in [3.63, 3.8) is 0 Å². The monoisotopic (exact) mass is 216 g/mol. The van der Waals surface area contributed by atoms with Crippen molar-refractivity contribution >= 4 is 0 Å². The SMILES string of the molecule is CC.CCCCC(C)N(C)CCN(C)C. The molecule has 0 heterocycles. The number of nitrogens with zero attached hydrogens (tertiary/aromatic N) is 2. The fraction of sp³-hybridized carbons (Fsp3) is 1.00. The highest BCUT2D eigenvalue weighted by Gasteiger charge is 2.07. The normalized spacial score (nSPS) is 12.6. The van der Waals surface area contributed by atoms with Crippen LogP contribution in [0.4, 0.5) is 0 Å². The zero-order chi connectivity index (χ0) is 12.3. The highest BCUT2D eigenvalue weighted by Crippen LogP contribution is 2.05. The van der Waals surface area contributed by atoms with Crippen LogP contribution in [-0.4, -0.2) is 50.1 Å². The van der Waals surface area contributed by atoms with E-state index in [1.54, 1.807) is 0 Å². The number of likely N-dealkylation sites (N-methyl/N-ethyl adjacent to an activating group) is 2. The predicted molar refractivity (Wildman–Crippen MR) is 71.5 cm³/mol. The molecule has 0 bridgehead atoms. The smallest absolute Gasteiger partial charge is 0.0109 e. The molecule has 94 valence electrons. The van der Waals surface area contributed by atoms with Crippen molar-refractivity contribution in [3.05, 3.63) is 0 Å². The Labute approximate surface area is 97.6 Å². The summed E-state index contributed by atoms with van der Waals surface area (Å²) < 4.78 is 0. The molecule has 0 aromatic heterocycles. The van der Waals surface area contributed by atoms with Gasteiger partial charge in [0.25, 0.3) is 0 Å². The van der Waals surface area contributed by atoms with Gasteiger partial charge in [-0.05, 0) is 34.5 Å². The van der Waals surface area contributed by atoms with E-state index < -0.39 is 0 Å². The molecule has 0 aliphatic rings. The van der Waals surface area contributed by atoms with E-state index in [1.807, 2.05) is 13.8 Å². The lowest BCUT2D eigenvalue weighted by Crippen LogP contribution is -2.34. The van der Waals surface area contributed by atoms with E-state index in [1.165, 1.54) is 25.8 Å². The first kappa shape index (κ1) is 17.3. The Morgan fingerprint density at radius 2 is 1.53 bits per heavy atom. The quantitative estimate of drug-likeness (QED) is 0.645. The minimum atomic E-state index is 0.736. The van der Waals surface area contributed by atoms with Crippen LogP contribution in [0.2, 0.25) is 0 Å². The van der Waals surface area contributed by atoms with Gasteiger partial charge in [0.2, 0.25) is 0 Å². The second-order valence-electron chi connectivity index (χ2n) is 4.28. The molecule has 0 radical (unpaired) electrons. The van der Waals surface area contributed by atoms with Crippen LogP contribution in [0.25, 0.3) is 0 Å². The summed E-state index contributed by atoms with van der Waals surface area (Å²) in [6.45, 7) is 10.9. The maximum Gasteiger partial charge on any atom is 0.0109 e. The van der Waals surface area contributed by atoms with Crippen LogP contribution in [0.15, 0.2) is 0 Å². The molecular weight excluding hydrogens is 184 g/mol. The summed E-state index contributed by atoms with van der Waals surface area (Å²) >= 11 is 0. The zero-order valence-electron chi connectivity index (χ0n) is 12.0. The fourth-order valence-corrected chi connectivity index (χ4v) is 1.30. The van der Waals surface area contributed by atoms with Crippen molar-refractivity contribution in [2.45, 2.75) is 53.0 Å². The highest BCUT2D eigenvalue weighted by molar-refractivity contribution is 4.63. The van der Waals surface area contributed by atoms with Gasteiger partial charge in [0, 0.05) is 19.1 Å². The first-order valence-electron chi connectivity index (χ1n) is 6.43. The van der Waals surface area contributed by atoms with Crippen LogP contribution in [0.5, 0.6) is 0 Å². The van der Waals surface area contributed by atoms with Gasteiger partial charge in [0.15, 0.2) is 0 Å². The number of hydrogen-bond donors (Lipinski definition) is 0. The van der Waals surface area contributed by atoms with E-state index in [0.29, 0.717) is 0 Å². The second kappa shape index (κ2) is 12.0. The van der Waals surface area contributed by atoms with Crippen LogP contribution in [-0.2, 0) is 0 Å². The van der Waals surface area contributed by atoms with E-state index in [2.05, 4.69) is 44.8 Å². The molecule has 1 atom stereocenters. The van der Waals surface area contributed by atoms with Gasteiger partial charge in [0.1, 0.15) is 0 Å². The Morgan fingerprint density at radius 3 is 1.93 bits per heavy atom. The first-order valence-corrected chi connectivity index (χ1v) is 6.43. The molecule has 0 aromatic rings. The lowest BCUT2D eigenvalue weighted by molar-refractivity contribution is 0.217. The van der Waals surface area contributed by atoms with Crippen molar-refractivity contribution in [2.75, 3.05) is 34.2 Å². The Morgan fingerprint density at radius 1 is 1.00 bits per heavy atom. The van der Waals surface area contributed by atoms with Crippen LogP contribution >= 0.6 is 0 Å². The van der Waals surface area contributed by atoms with Gasteiger partial charge >= 0.3 is 0 Å². The third-order valence-electron chi connectivity index (χ3n) is 2.63. The molecule has 0 saturated carbocycles. The molecule has 0 fully saturated rings. The third-order valence-corrected chi connectivity index (χ3v) is 2.63. The van der Waals surface area contributed by atoms with E-state index in [9.17, 15) is 0 Å². The molecule has 0 rings (SSSR count). The Bertz CT molecular complexity index is 113. The molecule has 0 spiro atoms. The molecule has 2 nitrogen and oxygen atoms in total. The van der Waals surface area contributed by atoms with E-state index in [4.69, 9.17) is 0 Å². The van der Waals surface area contributed by atoms with Gasteiger partial charge in [-0.15, -0.1) is 0 Å². The molecule has 0 aliphatic carbocycles. The van der Waals surface area contributed by atoms with Gasteiger partial charge in [-0.25, -0.2) is 0 Å². The number of unbranched alkanes of at least 4 members (excludes halogenated alkanes) is 1. The summed E-state index contributed by atoms with van der Waals surface area (Å²) in [4.78, 5) is 4.69. The van der Waals surface area contributed by atoms with Crippen LogP contribution in [0.1, 0.15) is 47.0 Å². The molecular formula is C13H32N2. The van der Waals surface area contributed by atoms with Crippen LogP contribution in [0, 0.1) is 0 Å². The van der Waals surface area contributed by atoms with Crippen molar-refractivity contribution in [3.8, 4) is 0 Å². The number of hydrogen-bond acceptors (Lipinski definition) is 2. The maximum atomic E-state index is 2.45. The standard InChI is InChI=1S/C11H26N2.C2H6/c1-6-7-8-11(2)13(5)10-9-12(3)4;1-2/h11H,6-10H2,1-5H3;1-2H3. The molecule has 1 unspecified atom stereocenters. The van der Waals surface area contributed by atoms with Gasteiger partial charge in [0.05, 0.1) is 0 Å². The summed E-state index contributed by atoms with van der Waals surface area (Å²) in [6, 6.07) is 0.736. The fourth-order valence-electron chi connectivity index (χ4n) is 1.30. The van der Waals surface area contributed by atoms with Crippen LogP contribution in [0.3, 0.4) is 0 Å². The van der Waals surface area contributed by atoms with E-state index in [-0.39, 0.29) is 0 Å².